The summed E-state index contributed by atoms with van der Waals surface area (Å²) in [5.41, 5.74) is 0.0479. The van der Waals surface area contributed by atoms with Crippen LogP contribution in [0, 0.1) is 6.92 Å². The van der Waals surface area contributed by atoms with Gasteiger partial charge in [0, 0.05) is 16.2 Å². The molecule has 0 aliphatic heterocycles. The summed E-state index contributed by atoms with van der Waals surface area (Å²) >= 11 is 3.28. The zero-order valence-corrected chi connectivity index (χ0v) is 12.3. The molecule has 0 saturated heterocycles. The summed E-state index contributed by atoms with van der Waals surface area (Å²) in [5, 5.41) is 9.77. The molecule has 20 heavy (non-hydrogen) atoms. The van der Waals surface area contributed by atoms with E-state index >= 15 is 0 Å². The Labute approximate surface area is 122 Å². The van der Waals surface area contributed by atoms with E-state index < -0.39 is 18.0 Å². The fourth-order valence-electron chi connectivity index (χ4n) is 1.93. The highest BCUT2D eigenvalue weighted by Gasteiger charge is 2.34. The first-order valence-electron chi connectivity index (χ1n) is 5.81. The van der Waals surface area contributed by atoms with Crippen LogP contribution in [0.2, 0.25) is 0 Å². The predicted molar refractivity (Wildman–Crippen MR) is 71.6 cm³/mol. The third-order valence-electron chi connectivity index (χ3n) is 2.87. The van der Waals surface area contributed by atoms with Crippen LogP contribution in [0.25, 0.3) is 5.69 Å². The molecule has 7 heteroatoms. The Kier molecular flexibility index (Phi) is 3.93. The number of rotatable bonds is 2. The Morgan fingerprint density at radius 1 is 1.35 bits per heavy atom. The van der Waals surface area contributed by atoms with Gasteiger partial charge in [-0.05, 0) is 32.0 Å². The maximum atomic E-state index is 12.7. The number of benzene rings is 1. The van der Waals surface area contributed by atoms with Gasteiger partial charge in [-0.25, -0.2) is 4.98 Å². The summed E-state index contributed by atoms with van der Waals surface area (Å²) in [5.74, 6) is 0.210. The molecule has 0 fully saturated rings. The number of hydrogen-bond acceptors (Lipinski definition) is 2. The van der Waals surface area contributed by atoms with Gasteiger partial charge in [-0.3, -0.25) is 0 Å². The minimum absolute atomic E-state index is 0.210. The zero-order valence-electron chi connectivity index (χ0n) is 10.7. The van der Waals surface area contributed by atoms with Crippen LogP contribution < -0.4 is 0 Å². The molecule has 1 atom stereocenters. The van der Waals surface area contributed by atoms with E-state index in [0.717, 1.165) is 10.7 Å². The summed E-state index contributed by atoms with van der Waals surface area (Å²) in [4.78, 5) is 3.53. The molecule has 1 aromatic carbocycles. The minimum atomic E-state index is -4.49. The molecule has 1 heterocycles. The van der Waals surface area contributed by atoms with Crippen LogP contribution in [-0.2, 0) is 6.18 Å². The van der Waals surface area contributed by atoms with Crippen LogP contribution in [0.3, 0.4) is 0 Å². The van der Waals surface area contributed by atoms with E-state index in [-0.39, 0.29) is 5.82 Å². The molecule has 1 N–H and O–H groups in total. The minimum Gasteiger partial charge on any atom is -0.389 e. The van der Waals surface area contributed by atoms with Gasteiger partial charge in [0.1, 0.15) is 5.82 Å². The first kappa shape index (κ1) is 15.1. The quantitative estimate of drug-likeness (QED) is 0.890. The molecule has 0 aliphatic carbocycles. The highest BCUT2D eigenvalue weighted by Crippen LogP contribution is 2.31. The third-order valence-corrected chi connectivity index (χ3v) is 3.37. The van der Waals surface area contributed by atoms with Gasteiger partial charge in [0.05, 0.1) is 11.8 Å². The van der Waals surface area contributed by atoms with E-state index in [2.05, 4.69) is 20.9 Å². The molecule has 0 radical (unpaired) electrons. The second-order valence-electron chi connectivity index (χ2n) is 4.42. The van der Waals surface area contributed by atoms with Crippen LogP contribution >= 0.6 is 15.9 Å². The lowest BCUT2D eigenvalue weighted by molar-refractivity contribution is -0.141. The number of aliphatic hydroxyl groups is 1. The molecule has 2 aromatic rings. The van der Waals surface area contributed by atoms with Crippen molar-refractivity contribution in [1.29, 1.82) is 0 Å². The van der Waals surface area contributed by atoms with E-state index in [1.807, 2.05) is 0 Å². The summed E-state index contributed by atoms with van der Waals surface area (Å²) in [6.07, 6.45) is -4.36. The molecule has 108 valence electrons. The van der Waals surface area contributed by atoms with Gasteiger partial charge in [-0.1, -0.05) is 15.9 Å². The van der Waals surface area contributed by atoms with Crippen LogP contribution in [0.5, 0.6) is 0 Å². The van der Waals surface area contributed by atoms with Crippen molar-refractivity contribution in [2.24, 2.45) is 0 Å². The van der Waals surface area contributed by atoms with Crippen molar-refractivity contribution >= 4 is 15.9 Å². The highest BCUT2D eigenvalue weighted by atomic mass is 79.9. The molecule has 0 saturated carbocycles. The smallest absolute Gasteiger partial charge is 0.389 e. The number of aryl methyl sites for hydroxylation is 1. The number of hydrogen-bond donors (Lipinski definition) is 1. The number of alkyl halides is 3. The third kappa shape index (κ3) is 2.88. The maximum absolute atomic E-state index is 12.7. The maximum Gasteiger partial charge on any atom is 0.434 e. The van der Waals surface area contributed by atoms with Crippen molar-refractivity contribution in [1.82, 2.24) is 9.55 Å². The van der Waals surface area contributed by atoms with E-state index in [4.69, 9.17) is 0 Å². The summed E-state index contributed by atoms with van der Waals surface area (Å²) in [6.45, 7) is 3.05. The van der Waals surface area contributed by atoms with Gasteiger partial charge >= 0.3 is 6.18 Å². The van der Waals surface area contributed by atoms with E-state index in [9.17, 15) is 18.3 Å². The van der Waals surface area contributed by atoms with Crippen molar-refractivity contribution in [3.05, 3.63) is 46.0 Å². The number of halogens is 4. The molecular weight excluding hydrogens is 337 g/mol. The SMILES string of the molecule is Cc1nc(C(F)(F)F)cn1-c1ccc(Br)cc1C(C)O. The Hall–Kier alpha value is -1.34. The first-order chi connectivity index (χ1) is 9.20. The molecule has 3 nitrogen and oxygen atoms in total. The Balaban J connectivity index is 2.60. The summed E-state index contributed by atoms with van der Waals surface area (Å²) < 4.78 is 40.1. The van der Waals surface area contributed by atoms with Crippen LogP contribution in [0.15, 0.2) is 28.9 Å². The lowest BCUT2D eigenvalue weighted by atomic mass is 10.1. The molecule has 1 aromatic heterocycles. The standard InChI is InChI=1S/C13H12BrF3N2O/c1-7(20)10-5-9(14)3-4-11(10)19-6-12(13(15,16)17)18-8(19)2/h3-7,20H,1-2H3. The average molecular weight is 349 g/mol. The van der Waals surface area contributed by atoms with Crippen LogP contribution in [0.1, 0.15) is 30.1 Å². The first-order valence-corrected chi connectivity index (χ1v) is 6.60. The normalized spacial score (nSPS) is 13.6. The van der Waals surface area contributed by atoms with E-state index in [1.54, 1.807) is 25.1 Å². The molecule has 1 unspecified atom stereocenters. The second kappa shape index (κ2) is 5.21. The molecular formula is C13H12BrF3N2O. The largest absolute Gasteiger partial charge is 0.434 e. The Morgan fingerprint density at radius 2 is 2.00 bits per heavy atom. The number of imidazole rings is 1. The van der Waals surface area contributed by atoms with Gasteiger partial charge in [0.2, 0.25) is 0 Å². The average Bonchev–Trinajstić information content (AvgIpc) is 2.71. The zero-order chi connectivity index (χ0) is 15.1. The van der Waals surface area contributed by atoms with E-state index in [0.29, 0.717) is 11.3 Å². The van der Waals surface area contributed by atoms with Gasteiger partial charge in [0.15, 0.2) is 5.69 Å². The van der Waals surface area contributed by atoms with Gasteiger partial charge < -0.3 is 9.67 Å². The van der Waals surface area contributed by atoms with Gasteiger partial charge in [-0.2, -0.15) is 13.2 Å². The predicted octanol–water partition coefficient (Wildman–Crippen LogP) is 4.02. The van der Waals surface area contributed by atoms with E-state index in [1.165, 1.54) is 11.5 Å². The molecule has 0 spiro atoms. The molecule has 0 amide bonds. The fourth-order valence-corrected chi connectivity index (χ4v) is 2.31. The Bertz CT molecular complexity index is 635. The summed E-state index contributed by atoms with van der Waals surface area (Å²) in [7, 11) is 0. The van der Waals surface area contributed by atoms with Gasteiger partial charge in [0.25, 0.3) is 0 Å². The van der Waals surface area contributed by atoms with Crippen molar-refractivity contribution in [3.63, 3.8) is 0 Å². The molecule has 0 bridgehead atoms. The number of aliphatic hydroxyl groups excluding tert-OH is 1. The molecule has 0 aliphatic rings. The van der Waals surface area contributed by atoms with Crippen molar-refractivity contribution in [2.45, 2.75) is 26.1 Å². The lowest BCUT2D eigenvalue weighted by Crippen LogP contribution is -2.05. The summed E-state index contributed by atoms with van der Waals surface area (Å²) in [6, 6.07) is 5.02. The number of aromatic nitrogens is 2. The van der Waals surface area contributed by atoms with Crippen LogP contribution in [0.4, 0.5) is 13.2 Å². The molecule has 2 rings (SSSR count). The topological polar surface area (TPSA) is 38.0 Å². The van der Waals surface area contributed by atoms with Crippen LogP contribution in [-0.4, -0.2) is 14.7 Å². The van der Waals surface area contributed by atoms with Crippen molar-refractivity contribution < 1.29 is 18.3 Å². The fraction of sp³-hybridized carbons (Fsp3) is 0.308. The van der Waals surface area contributed by atoms with Crippen molar-refractivity contribution in [2.75, 3.05) is 0 Å². The number of nitrogens with zero attached hydrogens (tertiary/aromatic N) is 2. The Morgan fingerprint density at radius 3 is 2.50 bits per heavy atom. The second-order valence-corrected chi connectivity index (χ2v) is 5.34. The monoisotopic (exact) mass is 348 g/mol. The van der Waals surface area contributed by atoms with Crippen molar-refractivity contribution in [3.8, 4) is 5.69 Å². The van der Waals surface area contributed by atoms with Gasteiger partial charge in [-0.15, -0.1) is 0 Å². The lowest BCUT2D eigenvalue weighted by Gasteiger charge is -2.14. The highest BCUT2D eigenvalue weighted by molar-refractivity contribution is 9.10.